The highest BCUT2D eigenvalue weighted by Crippen LogP contribution is 2.21. The molecule has 2 amide bonds. The van der Waals surface area contributed by atoms with Crippen molar-refractivity contribution in [1.82, 2.24) is 10.0 Å². The number of hydrogen-bond donors (Lipinski definition) is 3. The third kappa shape index (κ3) is 7.59. The molecule has 1 rings (SSSR count). The highest BCUT2D eigenvalue weighted by atomic mass is 32.2. The van der Waals surface area contributed by atoms with Gasteiger partial charge in [-0.2, -0.15) is 0 Å². The van der Waals surface area contributed by atoms with E-state index in [9.17, 15) is 18.0 Å². The maximum absolute atomic E-state index is 12.2. The van der Waals surface area contributed by atoms with Gasteiger partial charge in [-0.05, 0) is 77.6 Å². The lowest BCUT2D eigenvalue weighted by molar-refractivity contribution is -0.116. The lowest BCUT2D eigenvalue weighted by Crippen LogP contribution is -2.31. The number of anilines is 1. The van der Waals surface area contributed by atoms with Crippen LogP contribution >= 0.6 is 0 Å². The van der Waals surface area contributed by atoms with E-state index in [1.54, 1.807) is 26.0 Å². The number of carbonyl (C=O) groups excluding carboxylic acids is 2. The fraction of sp³-hybridized carbons (Fsp3) is 0.600. The van der Waals surface area contributed by atoms with Crippen LogP contribution in [0.15, 0.2) is 12.1 Å². The van der Waals surface area contributed by atoms with Crippen molar-refractivity contribution in [2.75, 3.05) is 11.9 Å². The van der Waals surface area contributed by atoms with Crippen molar-refractivity contribution in [3.05, 3.63) is 28.8 Å². The first-order valence-corrected chi connectivity index (χ1v) is 11.2. The van der Waals surface area contributed by atoms with Crippen LogP contribution < -0.4 is 15.4 Å². The first-order valence-electron chi connectivity index (χ1n) is 9.64. The van der Waals surface area contributed by atoms with E-state index in [2.05, 4.69) is 15.4 Å². The number of unbranched alkanes of at least 4 members (excludes halogenated alkanes) is 1. The lowest BCUT2D eigenvalue weighted by Gasteiger charge is -2.15. The third-order valence-electron chi connectivity index (χ3n) is 4.26. The van der Waals surface area contributed by atoms with Crippen molar-refractivity contribution in [2.45, 2.75) is 72.1 Å². The van der Waals surface area contributed by atoms with Gasteiger partial charge in [0.25, 0.3) is 5.91 Å². The van der Waals surface area contributed by atoms with Gasteiger partial charge >= 0.3 is 0 Å². The van der Waals surface area contributed by atoms with E-state index in [0.717, 1.165) is 11.1 Å². The second-order valence-corrected chi connectivity index (χ2v) is 9.93. The number of aryl methyl sites for hydroxylation is 2. The van der Waals surface area contributed by atoms with Gasteiger partial charge in [-0.25, -0.2) is 13.1 Å². The Bertz CT molecular complexity index is 802. The normalized spacial score (nSPS) is 11.7. The molecule has 3 N–H and O–H groups in total. The van der Waals surface area contributed by atoms with Crippen molar-refractivity contribution in [3.8, 4) is 0 Å². The molecular formula is C20H33N3O4S. The molecule has 1 aromatic rings. The summed E-state index contributed by atoms with van der Waals surface area (Å²) in [6.07, 6.45) is 1.47. The summed E-state index contributed by atoms with van der Waals surface area (Å²) in [4.78, 5) is 24.4. The molecule has 158 valence electrons. The molecule has 0 unspecified atom stereocenters. The average Bonchev–Trinajstić information content (AvgIpc) is 2.56. The minimum absolute atomic E-state index is 0.0524. The summed E-state index contributed by atoms with van der Waals surface area (Å²) in [5.74, 6) is -0.258. The Morgan fingerprint density at radius 3 is 2.21 bits per heavy atom. The van der Waals surface area contributed by atoms with Crippen LogP contribution in [0, 0.1) is 13.8 Å². The van der Waals surface area contributed by atoms with Gasteiger partial charge in [-0.15, -0.1) is 0 Å². The molecule has 0 saturated heterocycles. The zero-order valence-electron chi connectivity index (χ0n) is 17.7. The standard InChI is InChI=1S/C20H33N3O4S/c1-13(2)22-20(25)17-11-16(6)18(12-15(17)5)23-19(24)9-7-8-10-21-28(26,27)14(3)4/h11-14,21H,7-10H2,1-6H3,(H,22,25)(H,23,24). The van der Waals surface area contributed by atoms with Crippen LogP contribution in [0.1, 0.15) is 68.4 Å². The fourth-order valence-corrected chi connectivity index (χ4v) is 3.30. The van der Waals surface area contributed by atoms with Crippen LogP contribution in [-0.4, -0.2) is 38.1 Å². The molecule has 1 aromatic carbocycles. The number of sulfonamides is 1. The quantitative estimate of drug-likeness (QED) is 0.515. The van der Waals surface area contributed by atoms with Gasteiger partial charge in [0.2, 0.25) is 15.9 Å². The number of hydrogen-bond acceptors (Lipinski definition) is 4. The summed E-state index contributed by atoms with van der Waals surface area (Å²) in [6, 6.07) is 3.64. The maximum Gasteiger partial charge on any atom is 0.251 e. The molecule has 0 fully saturated rings. The highest BCUT2D eigenvalue weighted by Gasteiger charge is 2.15. The Morgan fingerprint density at radius 2 is 1.64 bits per heavy atom. The van der Waals surface area contributed by atoms with Crippen LogP contribution in [0.5, 0.6) is 0 Å². The van der Waals surface area contributed by atoms with Gasteiger partial charge < -0.3 is 10.6 Å². The summed E-state index contributed by atoms with van der Waals surface area (Å²) >= 11 is 0. The van der Waals surface area contributed by atoms with E-state index in [4.69, 9.17) is 0 Å². The molecule has 0 aliphatic rings. The monoisotopic (exact) mass is 411 g/mol. The van der Waals surface area contributed by atoms with E-state index in [1.807, 2.05) is 27.7 Å². The molecule has 0 saturated carbocycles. The van der Waals surface area contributed by atoms with Gasteiger partial charge in [0, 0.05) is 30.3 Å². The SMILES string of the molecule is Cc1cc(C(=O)NC(C)C)c(C)cc1NC(=O)CCCCNS(=O)(=O)C(C)C. The van der Waals surface area contributed by atoms with Gasteiger partial charge in [-0.3, -0.25) is 9.59 Å². The van der Waals surface area contributed by atoms with E-state index in [1.165, 1.54) is 0 Å². The zero-order chi connectivity index (χ0) is 21.5. The van der Waals surface area contributed by atoms with Crippen molar-refractivity contribution in [3.63, 3.8) is 0 Å². The smallest absolute Gasteiger partial charge is 0.251 e. The van der Waals surface area contributed by atoms with Crippen molar-refractivity contribution < 1.29 is 18.0 Å². The van der Waals surface area contributed by atoms with Gasteiger partial charge in [0.15, 0.2) is 0 Å². The Labute approximate surface area is 168 Å². The van der Waals surface area contributed by atoms with Crippen LogP contribution in [0.4, 0.5) is 5.69 Å². The largest absolute Gasteiger partial charge is 0.350 e. The first kappa shape index (κ1) is 24.1. The summed E-state index contributed by atoms with van der Waals surface area (Å²) in [5.41, 5.74) is 2.89. The molecule has 0 aliphatic heterocycles. The molecule has 0 aliphatic carbocycles. The van der Waals surface area contributed by atoms with Crippen LogP contribution in [0.2, 0.25) is 0 Å². The summed E-state index contributed by atoms with van der Waals surface area (Å²) < 4.78 is 25.8. The Balaban J connectivity index is 2.56. The van der Waals surface area contributed by atoms with Crippen LogP contribution in [0.3, 0.4) is 0 Å². The van der Waals surface area contributed by atoms with E-state index >= 15 is 0 Å². The molecule has 0 aromatic heterocycles. The lowest BCUT2D eigenvalue weighted by atomic mass is 10.0. The average molecular weight is 412 g/mol. The second-order valence-electron chi connectivity index (χ2n) is 7.60. The number of rotatable bonds is 10. The minimum atomic E-state index is -3.26. The molecule has 7 nitrogen and oxygen atoms in total. The van der Waals surface area contributed by atoms with E-state index in [-0.39, 0.29) is 17.9 Å². The number of benzene rings is 1. The zero-order valence-corrected chi connectivity index (χ0v) is 18.5. The Morgan fingerprint density at radius 1 is 1.00 bits per heavy atom. The molecule has 28 heavy (non-hydrogen) atoms. The number of carbonyl (C=O) groups is 2. The summed E-state index contributed by atoms with van der Waals surface area (Å²) in [5, 5.41) is 5.28. The van der Waals surface area contributed by atoms with Crippen molar-refractivity contribution in [2.24, 2.45) is 0 Å². The Kier molecular flexibility index (Phi) is 9.10. The first-order chi connectivity index (χ1) is 12.9. The van der Waals surface area contributed by atoms with Crippen LogP contribution in [0.25, 0.3) is 0 Å². The molecule has 0 bridgehead atoms. The summed E-state index contributed by atoms with van der Waals surface area (Å²) in [7, 11) is -3.26. The predicted octanol–water partition coefficient (Wildman–Crippen LogP) is 2.88. The van der Waals surface area contributed by atoms with Crippen molar-refractivity contribution in [1.29, 1.82) is 0 Å². The van der Waals surface area contributed by atoms with E-state index in [0.29, 0.717) is 37.1 Å². The highest BCUT2D eigenvalue weighted by molar-refractivity contribution is 7.90. The van der Waals surface area contributed by atoms with E-state index < -0.39 is 15.3 Å². The maximum atomic E-state index is 12.2. The second kappa shape index (κ2) is 10.6. The van der Waals surface area contributed by atoms with Gasteiger partial charge in [0.05, 0.1) is 5.25 Å². The fourth-order valence-electron chi connectivity index (χ4n) is 2.54. The predicted molar refractivity (Wildman–Crippen MR) is 113 cm³/mol. The molecule has 0 atom stereocenters. The van der Waals surface area contributed by atoms with Gasteiger partial charge in [0.1, 0.15) is 0 Å². The minimum Gasteiger partial charge on any atom is -0.350 e. The van der Waals surface area contributed by atoms with Crippen molar-refractivity contribution >= 4 is 27.5 Å². The number of nitrogens with one attached hydrogen (secondary N) is 3. The Hall–Kier alpha value is -1.93. The summed E-state index contributed by atoms with van der Waals surface area (Å²) in [6.45, 7) is 11.1. The number of amides is 2. The molecule has 0 heterocycles. The molecule has 0 radical (unpaired) electrons. The van der Waals surface area contributed by atoms with Crippen LogP contribution in [-0.2, 0) is 14.8 Å². The topological polar surface area (TPSA) is 104 Å². The molecular weight excluding hydrogens is 378 g/mol. The molecule has 8 heteroatoms. The van der Waals surface area contributed by atoms with Gasteiger partial charge in [-0.1, -0.05) is 0 Å². The third-order valence-corrected chi connectivity index (χ3v) is 6.11. The molecule has 0 spiro atoms.